The molecular weight excluding hydrogens is 270 g/mol. The van der Waals surface area contributed by atoms with E-state index in [-0.39, 0.29) is 18.1 Å². The lowest BCUT2D eigenvalue weighted by molar-refractivity contribution is -0.133. The molecule has 0 radical (unpaired) electrons. The molecule has 116 valence electrons. The zero-order chi connectivity index (χ0) is 14.8. The lowest BCUT2D eigenvalue weighted by Crippen LogP contribution is -2.43. The molecule has 1 aliphatic carbocycles. The molecule has 0 bridgehead atoms. The zero-order valence-electron chi connectivity index (χ0n) is 12.6. The van der Waals surface area contributed by atoms with Crippen molar-refractivity contribution < 1.29 is 14.3 Å². The number of ether oxygens (including phenoxy) is 2. The van der Waals surface area contributed by atoms with Gasteiger partial charge in [-0.15, -0.1) is 0 Å². The Morgan fingerprint density at radius 2 is 2.38 bits per heavy atom. The SMILES string of the molecule is CC(OCC1CC1)C(=O)N[C@H]1CCO[C@@H]1c1nccn1C. The molecule has 21 heavy (non-hydrogen) atoms. The number of carbonyl (C=O) groups is 1. The number of aromatic nitrogens is 2. The molecule has 1 saturated carbocycles. The molecule has 2 aliphatic rings. The van der Waals surface area contributed by atoms with Crippen LogP contribution in [0.5, 0.6) is 0 Å². The second kappa shape index (κ2) is 6.15. The van der Waals surface area contributed by atoms with Crippen LogP contribution in [0.15, 0.2) is 12.4 Å². The van der Waals surface area contributed by atoms with E-state index in [1.807, 2.05) is 24.7 Å². The number of imidazole rings is 1. The summed E-state index contributed by atoms with van der Waals surface area (Å²) in [5.74, 6) is 1.45. The summed E-state index contributed by atoms with van der Waals surface area (Å²) in [6.07, 6.45) is 6.31. The third kappa shape index (κ3) is 3.44. The van der Waals surface area contributed by atoms with Gasteiger partial charge in [-0.25, -0.2) is 4.98 Å². The fourth-order valence-corrected chi connectivity index (χ4v) is 2.58. The Kier molecular flexibility index (Phi) is 4.26. The van der Waals surface area contributed by atoms with E-state index < -0.39 is 6.10 Å². The monoisotopic (exact) mass is 293 g/mol. The second-order valence-electron chi connectivity index (χ2n) is 6.01. The van der Waals surface area contributed by atoms with E-state index >= 15 is 0 Å². The molecule has 3 rings (SSSR count). The summed E-state index contributed by atoms with van der Waals surface area (Å²) < 4.78 is 13.3. The Bertz CT molecular complexity index is 498. The van der Waals surface area contributed by atoms with Gasteiger partial charge in [0.2, 0.25) is 5.91 Å². The van der Waals surface area contributed by atoms with Gasteiger partial charge in [0.1, 0.15) is 18.0 Å². The van der Waals surface area contributed by atoms with E-state index in [0.29, 0.717) is 19.1 Å². The molecule has 0 aromatic carbocycles. The number of aryl methyl sites for hydroxylation is 1. The van der Waals surface area contributed by atoms with Crippen LogP contribution in [0.3, 0.4) is 0 Å². The largest absolute Gasteiger partial charge is 0.368 e. The Hall–Kier alpha value is -1.40. The van der Waals surface area contributed by atoms with Crippen LogP contribution in [-0.2, 0) is 21.3 Å². The maximum atomic E-state index is 12.2. The molecule has 1 saturated heterocycles. The Morgan fingerprint density at radius 1 is 1.57 bits per heavy atom. The van der Waals surface area contributed by atoms with Crippen LogP contribution in [0, 0.1) is 5.92 Å². The highest BCUT2D eigenvalue weighted by Crippen LogP contribution is 2.30. The molecule has 2 heterocycles. The summed E-state index contributed by atoms with van der Waals surface area (Å²) in [7, 11) is 1.93. The summed E-state index contributed by atoms with van der Waals surface area (Å²) in [6, 6.07) is -0.0365. The standard InChI is InChI=1S/C15H23N3O3/c1-10(21-9-11-3-4-11)15(19)17-12-5-8-20-13(12)14-16-6-7-18(14)2/h6-7,10-13H,3-5,8-9H2,1-2H3,(H,17,19)/t10?,12-,13-/m0/s1. The van der Waals surface area contributed by atoms with Crippen LogP contribution in [0.25, 0.3) is 0 Å². The first-order valence-electron chi connectivity index (χ1n) is 7.66. The number of nitrogens with one attached hydrogen (secondary N) is 1. The number of nitrogens with zero attached hydrogens (tertiary/aromatic N) is 2. The number of rotatable bonds is 6. The number of amides is 1. The van der Waals surface area contributed by atoms with Crippen molar-refractivity contribution >= 4 is 5.91 Å². The van der Waals surface area contributed by atoms with Crippen molar-refractivity contribution in [2.45, 2.75) is 44.4 Å². The molecular formula is C15H23N3O3. The number of hydrogen-bond acceptors (Lipinski definition) is 4. The van der Waals surface area contributed by atoms with Gasteiger partial charge in [0.25, 0.3) is 0 Å². The predicted molar refractivity (Wildman–Crippen MR) is 76.6 cm³/mol. The summed E-state index contributed by atoms with van der Waals surface area (Å²) in [5, 5.41) is 3.05. The van der Waals surface area contributed by atoms with E-state index in [1.165, 1.54) is 12.8 Å². The minimum absolute atomic E-state index is 0.0365. The highest BCUT2D eigenvalue weighted by Gasteiger charge is 2.34. The molecule has 0 spiro atoms. The molecule has 3 atom stereocenters. The minimum atomic E-state index is -0.409. The average Bonchev–Trinajstić information content (AvgIpc) is 3.04. The molecule has 1 aliphatic heterocycles. The fraction of sp³-hybridized carbons (Fsp3) is 0.733. The highest BCUT2D eigenvalue weighted by atomic mass is 16.5. The topological polar surface area (TPSA) is 65.4 Å². The molecule has 1 N–H and O–H groups in total. The van der Waals surface area contributed by atoms with Gasteiger partial charge >= 0.3 is 0 Å². The Morgan fingerprint density at radius 3 is 3.05 bits per heavy atom. The van der Waals surface area contributed by atoms with Gasteiger partial charge < -0.3 is 19.4 Å². The lowest BCUT2D eigenvalue weighted by Gasteiger charge is -2.21. The maximum absolute atomic E-state index is 12.2. The van der Waals surface area contributed by atoms with E-state index in [2.05, 4.69) is 10.3 Å². The van der Waals surface area contributed by atoms with E-state index in [1.54, 1.807) is 6.20 Å². The quantitative estimate of drug-likeness (QED) is 0.855. The first-order valence-corrected chi connectivity index (χ1v) is 7.66. The summed E-state index contributed by atoms with van der Waals surface area (Å²) in [5.41, 5.74) is 0. The van der Waals surface area contributed by atoms with Crippen molar-refractivity contribution in [2.75, 3.05) is 13.2 Å². The van der Waals surface area contributed by atoms with Gasteiger partial charge in [0.05, 0.1) is 12.6 Å². The summed E-state index contributed by atoms with van der Waals surface area (Å²) in [6.45, 7) is 3.14. The van der Waals surface area contributed by atoms with Crippen molar-refractivity contribution in [3.8, 4) is 0 Å². The van der Waals surface area contributed by atoms with Crippen LogP contribution in [0.2, 0.25) is 0 Å². The van der Waals surface area contributed by atoms with Gasteiger partial charge in [-0.3, -0.25) is 4.79 Å². The van der Waals surface area contributed by atoms with Gasteiger partial charge in [-0.05, 0) is 32.1 Å². The van der Waals surface area contributed by atoms with Crippen molar-refractivity contribution in [1.82, 2.24) is 14.9 Å². The fourth-order valence-electron chi connectivity index (χ4n) is 2.58. The lowest BCUT2D eigenvalue weighted by atomic mass is 10.1. The molecule has 1 amide bonds. The van der Waals surface area contributed by atoms with Crippen molar-refractivity contribution in [3.05, 3.63) is 18.2 Å². The smallest absolute Gasteiger partial charge is 0.249 e. The maximum Gasteiger partial charge on any atom is 0.249 e. The van der Waals surface area contributed by atoms with Crippen molar-refractivity contribution in [2.24, 2.45) is 13.0 Å². The minimum Gasteiger partial charge on any atom is -0.368 e. The number of carbonyl (C=O) groups excluding carboxylic acids is 1. The third-order valence-corrected chi connectivity index (χ3v) is 4.18. The van der Waals surface area contributed by atoms with Gasteiger partial charge in [-0.2, -0.15) is 0 Å². The molecule has 1 unspecified atom stereocenters. The van der Waals surface area contributed by atoms with Crippen LogP contribution in [-0.4, -0.2) is 40.8 Å². The molecule has 1 aromatic rings. The molecule has 2 fully saturated rings. The predicted octanol–water partition coefficient (Wildman–Crippen LogP) is 1.18. The third-order valence-electron chi connectivity index (χ3n) is 4.18. The molecule has 6 nitrogen and oxygen atoms in total. The average molecular weight is 293 g/mol. The van der Waals surface area contributed by atoms with Gasteiger partial charge in [0, 0.05) is 26.0 Å². The Labute approximate surface area is 124 Å². The van der Waals surface area contributed by atoms with E-state index in [0.717, 1.165) is 12.2 Å². The molecule has 1 aromatic heterocycles. The first-order chi connectivity index (χ1) is 10.1. The van der Waals surface area contributed by atoms with Crippen LogP contribution in [0.4, 0.5) is 0 Å². The van der Waals surface area contributed by atoms with Gasteiger partial charge in [0.15, 0.2) is 0 Å². The van der Waals surface area contributed by atoms with Crippen LogP contribution in [0.1, 0.15) is 38.1 Å². The normalized spacial score (nSPS) is 26.8. The van der Waals surface area contributed by atoms with E-state index in [4.69, 9.17) is 9.47 Å². The van der Waals surface area contributed by atoms with Crippen molar-refractivity contribution in [1.29, 1.82) is 0 Å². The number of hydrogen-bond donors (Lipinski definition) is 1. The van der Waals surface area contributed by atoms with Gasteiger partial charge in [-0.1, -0.05) is 0 Å². The molecule has 6 heteroatoms. The summed E-state index contributed by atoms with van der Waals surface area (Å²) >= 11 is 0. The highest BCUT2D eigenvalue weighted by molar-refractivity contribution is 5.80. The van der Waals surface area contributed by atoms with Crippen LogP contribution >= 0.6 is 0 Å². The zero-order valence-corrected chi connectivity index (χ0v) is 12.6. The van der Waals surface area contributed by atoms with Crippen LogP contribution < -0.4 is 5.32 Å². The van der Waals surface area contributed by atoms with E-state index in [9.17, 15) is 4.79 Å². The second-order valence-corrected chi connectivity index (χ2v) is 6.01. The Balaban J connectivity index is 1.55. The first kappa shape index (κ1) is 14.5. The van der Waals surface area contributed by atoms with Crippen molar-refractivity contribution in [3.63, 3.8) is 0 Å². The summed E-state index contributed by atoms with van der Waals surface area (Å²) in [4.78, 5) is 16.5.